The second-order valence-corrected chi connectivity index (χ2v) is 4.19. The van der Waals surface area contributed by atoms with E-state index >= 15 is 0 Å². The quantitative estimate of drug-likeness (QED) is 0.788. The van der Waals surface area contributed by atoms with Crippen LogP contribution in [0.4, 0.5) is 4.39 Å². The monoisotopic (exact) mass is 291 g/mol. The van der Waals surface area contributed by atoms with Crippen LogP contribution in [0.15, 0.2) is 22.7 Å². The summed E-state index contributed by atoms with van der Waals surface area (Å²) >= 11 is 3.33. The summed E-state index contributed by atoms with van der Waals surface area (Å²) < 4.78 is 19.3. The molecular formula is C11H15BrFNO2. The zero-order chi connectivity index (χ0) is 12.0. The SMILES string of the molecule is NCC(OCCCO)c1cc(F)ccc1Br. The predicted octanol–water partition coefficient (Wildman–Crippen LogP) is 1.99. The Morgan fingerprint density at radius 3 is 2.88 bits per heavy atom. The summed E-state index contributed by atoms with van der Waals surface area (Å²) in [6.45, 7) is 0.746. The van der Waals surface area contributed by atoms with Crippen LogP contribution < -0.4 is 5.73 Å². The molecule has 5 heteroatoms. The van der Waals surface area contributed by atoms with Gasteiger partial charge in [-0.1, -0.05) is 15.9 Å². The van der Waals surface area contributed by atoms with Crippen molar-refractivity contribution < 1.29 is 14.2 Å². The summed E-state index contributed by atoms with van der Waals surface area (Å²) in [5.74, 6) is -0.317. The van der Waals surface area contributed by atoms with Gasteiger partial charge in [-0.15, -0.1) is 0 Å². The van der Waals surface area contributed by atoms with Gasteiger partial charge in [-0.3, -0.25) is 0 Å². The van der Waals surface area contributed by atoms with E-state index in [9.17, 15) is 4.39 Å². The molecule has 1 aromatic rings. The molecule has 0 bridgehead atoms. The van der Waals surface area contributed by atoms with Crippen LogP contribution in [0, 0.1) is 5.82 Å². The lowest BCUT2D eigenvalue weighted by Gasteiger charge is -2.17. The summed E-state index contributed by atoms with van der Waals surface area (Å²) in [6.07, 6.45) is 0.195. The highest BCUT2D eigenvalue weighted by Gasteiger charge is 2.14. The van der Waals surface area contributed by atoms with Crippen molar-refractivity contribution in [3.05, 3.63) is 34.1 Å². The van der Waals surface area contributed by atoms with Crippen LogP contribution in [0.3, 0.4) is 0 Å². The maximum absolute atomic E-state index is 13.1. The highest BCUT2D eigenvalue weighted by molar-refractivity contribution is 9.10. The van der Waals surface area contributed by atoms with E-state index in [1.807, 2.05) is 0 Å². The molecule has 0 heterocycles. The normalized spacial score (nSPS) is 12.8. The standard InChI is InChI=1S/C11H15BrFNO2/c12-10-3-2-8(13)6-9(10)11(7-14)16-5-1-4-15/h2-3,6,11,15H,1,4-5,7,14H2. The minimum atomic E-state index is -0.350. The largest absolute Gasteiger partial charge is 0.396 e. The lowest BCUT2D eigenvalue weighted by molar-refractivity contribution is 0.0482. The van der Waals surface area contributed by atoms with Gasteiger partial charge in [-0.05, 0) is 30.2 Å². The Kier molecular flexibility index (Phi) is 5.90. The maximum Gasteiger partial charge on any atom is 0.123 e. The van der Waals surface area contributed by atoms with Crippen molar-refractivity contribution >= 4 is 15.9 Å². The molecule has 0 aliphatic rings. The molecule has 0 aliphatic carbocycles. The van der Waals surface area contributed by atoms with E-state index in [1.54, 1.807) is 6.07 Å². The van der Waals surface area contributed by atoms with Crippen molar-refractivity contribution in [1.82, 2.24) is 0 Å². The molecule has 0 spiro atoms. The number of aliphatic hydroxyl groups is 1. The van der Waals surface area contributed by atoms with E-state index in [0.717, 1.165) is 4.47 Å². The zero-order valence-corrected chi connectivity index (χ0v) is 10.4. The Morgan fingerprint density at radius 1 is 1.50 bits per heavy atom. The number of hydrogen-bond acceptors (Lipinski definition) is 3. The molecule has 0 fully saturated rings. The second kappa shape index (κ2) is 6.96. The van der Waals surface area contributed by atoms with Crippen LogP contribution in [0.1, 0.15) is 18.1 Å². The minimum Gasteiger partial charge on any atom is -0.396 e. The number of aliphatic hydroxyl groups excluding tert-OH is 1. The molecule has 1 rings (SSSR count). The van der Waals surface area contributed by atoms with Crippen molar-refractivity contribution in [3.63, 3.8) is 0 Å². The first kappa shape index (κ1) is 13.6. The van der Waals surface area contributed by atoms with Crippen LogP contribution in [0.25, 0.3) is 0 Å². The molecule has 3 nitrogen and oxygen atoms in total. The van der Waals surface area contributed by atoms with Gasteiger partial charge in [-0.25, -0.2) is 4.39 Å². The van der Waals surface area contributed by atoms with Crippen LogP contribution in [-0.4, -0.2) is 24.9 Å². The summed E-state index contributed by atoms with van der Waals surface area (Å²) in [7, 11) is 0. The van der Waals surface area contributed by atoms with E-state index < -0.39 is 0 Å². The molecule has 16 heavy (non-hydrogen) atoms. The lowest BCUT2D eigenvalue weighted by Crippen LogP contribution is -2.17. The molecule has 0 aromatic heterocycles. The third kappa shape index (κ3) is 3.83. The van der Waals surface area contributed by atoms with Crippen molar-refractivity contribution in [3.8, 4) is 0 Å². The predicted molar refractivity (Wildman–Crippen MR) is 63.6 cm³/mol. The van der Waals surface area contributed by atoms with E-state index in [-0.39, 0.29) is 25.1 Å². The molecule has 0 amide bonds. The van der Waals surface area contributed by atoms with E-state index in [4.69, 9.17) is 15.6 Å². The average molecular weight is 292 g/mol. The highest BCUT2D eigenvalue weighted by atomic mass is 79.9. The molecule has 1 aromatic carbocycles. The van der Waals surface area contributed by atoms with E-state index in [0.29, 0.717) is 18.6 Å². The maximum atomic E-state index is 13.1. The van der Waals surface area contributed by atoms with Gasteiger partial charge in [0.25, 0.3) is 0 Å². The Balaban J connectivity index is 2.73. The number of hydrogen-bond donors (Lipinski definition) is 2. The fraction of sp³-hybridized carbons (Fsp3) is 0.455. The topological polar surface area (TPSA) is 55.5 Å². The van der Waals surface area contributed by atoms with Crippen LogP contribution in [0.2, 0.25) is 0 Å². The summed E-state index contributed by atoms with van der Waals surface area (Å²) in [6, 6.07) is 4.40. The van der Waals surface area contributed by atoms with Crippen molar-refractivity contribution in [2.75, 3.05) is 19.8 Å². The Bertz CT molecular complexity index is 336. The number of ether oxygens (including phenoxy) is 1. The third-order valence-electron chi connectivity index (χ3n) is 2.14. The number of rotatable bonds is 6. The first-order valence-electron chi connectivity index (χ1n) is 5.06. The minimum absolute atomic E-state index is 0.0710. The summed E-state index contributed by atoms with van der Waals surface area (Å²) in [4.78, 5) is 0. The molecule has 0 radical (unpaired) electrons. The first-order chi connectivity index (χ1) is 7.69. The number of halogens is 2. The van der Waals surface area contributed by atoms with Gasteiger partial charge in [0.1, 0.15) is 5.82 Å². The van der Waals surface area contributed by atoms with Gasteiger partial charge in [0.15, 0.2) is 0 Å². The lowest BCUT2D eigenvalue weighted by atomic mass is 10.1. The average Bonchev–Trinajstić information content (AvgIpc) is 2.28. The zero-order valence-electron chi connectivity index (χ0n) is 8.83. The molecule has 0 saturated heterocycles. The van der Waals surface area contributed by atoms with Gasteiger partial charge < -0.3 is 15.6 Å². The van der Waals surface area contributed by atoms with Crippen molar-refractivity contribution in [2.24, 2.45) is 5.73 Å². The molecule has 90 valence electrons. The van der Waals surface area contributed by atoms with Crippen LogP contribution >= 0.6 is 15.9 Å². The van der Waals surface area contributed by atoms with Gasteiger partial charge in [-0.2, -0.15) is 0 Å². The van der Waals surface area contributed by atoms with E-state index in [1.165, 1.54) is 12.1 Å². The number of benzene rings is 1. The summed E-state index contributed by atoms with van der Waals surface area (Å²) in [5.41, 5.74) is 6.27. The fourth-order valence-corrected chi connectivity index (χ4v) is 1.84. The van der Waals surface area contributed by atoms with Gasteiger partial charge >= 0.3 is 0 Å². The molecule has 0 aliphatic heterocycles. The Hall–Kier alpha value is -0.490. The van der Waals surface area contributed by atoms with Gasteiger partial charge in [0, 0.05) is 24.2 Å². The molecule has 1 unspecified atom stereocenters. The van der Waals surface area contributed by atoms with Crippen molar-refractivity contribution in [2.45, 2.75) is 12.5 Å². The van der Waals surface area contributed by atoms with Crippen LogP contribution in [-0.2, 0) is 4.74 Å². The molecule has 3 N–H and O–H groups in total. The van der Waals surface area contributed by atoms with Gasteiger partial charge in [0.05, 0.1) is 6.10 Å². The molecule has 0 saturated carbocycles. The first-order valence-corrected chi connectivity index (χ1v) is 5.85. The van der Waals surface area contributed by atoms with Crippen molar-refractivity contribution in [1.29, 1.82) is 0 Å². The molecular weight excluding hydrogens is 277 g/mol. The third-order valence-corrected chi connectivity index (χ3v) is 2.86. The highest BCUT2D eigenvalue weighted by Crippen LogP contribution is 2.26. The smallest absolute Gasteiger partial charge is 0.123 e. The summed E-state index contributed by atoms with van der Waals surface area (Å²) in [5, 5.41) is 8.64. The molecule has 1 atom stereocenters. The number of nitrogens with two attached hydrogens (primary N) is 1. The fourth-order valence-electron chi connectivity index (χ4n) is 1.34. The Morgan fingerprint density at radius 2 is 2.25 bits per heavy atom. The van der Waals surface area contributed by atoms with Crippen LogP contribution in [0.5, 0.6) is 0 Å². The Labute approximate surface area is 103 Å². The van der Waals surface area contributed by atoms with Gasteiger partial charge in [0.2, 0.25) is 0 Å². The van der Waals surface area contributed by atoms with E-state index in [2.05, 4.69) is 15.9 Å². The second-order valence-electron chi connectivity index (χ2n) is 3.34.